The number of nitrogens with one attached hydrogen (secondary N) is 2. The van der Waals surface area contributed by atoms with Crippen LogP contribution in [0.3, 0.4) is 0 Å². The molecule has 0 aromatic heterocycles. The number of carbonyl (C=O) groups excluding carboxylic acids is 2. The minimum absolute atomic E-state index is 0.216. The van der Waals surface area contributed by atoms with Crippen molar-refractivity contribution in [2.45, 2.75) is 67.9 Å². The van der Waals surface area contributed by atoms with E-state index in [0.717, 1.165) is 5.57 Å². The predicted octanol–water partition coefficient (Wildman–Crippen LogP) is 4.44. The van der Waals surface area contributed by atoms with Gasteiger partial charge in [0.25, 0.3) is 0 Å². The van der Waals surface area contributed by atoms with E-state index in [1.165, 1.54) is 11.1 Å². The zero-order chi connectivity index (χ0) is 23.1. The molecular formula is C24H43N3O2. The molecule has 0 spiro atoms. The summed E-state index contributed by atoms with van der Waals surface area (Å²) in [7, 11) is 0. The van der Waals surface area contributed by atoms with Gasteiger partial charge in [0.1, 0.15) is 6.04 Å². The summed E-state index contributed by atoms with van der Waals surface area (Å²) in [5.74, 6) is -0.216. The summed E-state index contributed by atoms with van der Waals surface area (Å²) in [5, 5.41) is 5.16. The van der Waals surface area contributed by atoms with Crippen LogP contribution in [0.15, 0.2) is 48.1 Å². The van der Waals surface area contributed by atoms with Crippen molar-refractivity contribution < 1.29 is 9.59 Å². The molecule has 0 heterocycles. The van der Waals surface area contributed by atoms with E-state index < -0.39 is 6.04 Å². The van der Waals surface area contributed by atoms with Crippen LogP contribution in [-0.4, -0.2) is 31.4 Å². The molecule has 1 aromatic rings. The monoisotopic (exact) mass is 405 g/mol. The fourth-order valence-corrected chi connectivity index (χ4v) is 2.17. The van der Waals surface area contributed by atoms with Gasteiger partial charge < -0.3 is 16.4 Å². The van der Waals surface area contributed by atoms with Crippen LogP contribution in [-0.2, 0) is 9.59 Å². The second kappa shape index (κ2) is 23.6. The average molecular weight is 406 g/mol. The van der Waals surface area contributed by atoms with Crippen LogP contribution in [0.5, 0.6) is 0 Å². The lowest BCUT2D eigenvalue weighted by atomic mass is 10.0. The Balaban J connectivity index is -0.000000465. The first-order chi connectivity index (χ1) is 14.0. The van der Waals surface area contributed by atoms with Gasteiger partial charge in [-0.25, -0.2) is 0 Å². The van der Waals surface area contributed by atoms with Gasteiger partial charge in [0, 0.05) is 19.5 Å². The molecule has 0 saturated heterocycles. The fourth-order valence-electron chi connectivity index (χ4n) is 2.17. The topological polar surface area (TPSA) is 84.2 Å². The molecule has 29 heavy (non-hydrogen) atoms. The SMILES string of the molecule is C/C=C\C(=C/C)CC(NC=O)C(=O)NCCN.CC.CC.Cc1cccc(C)c1. The van der Waals surface area contributed by atoms with E-state index in [1.54, 1.807) is 0 Å². The van der Waals surface area contributed by atoms with Crippen molar-refractivity contribution >= 4 is 12.3 Å². The lowest BCUT2D eigenvalue weighted by Crippen LogP contribution is -2.45. The maximum Gasteiger partial charge on any atom is 0.242 e. The zero-order valence-electron chi connectivity index (χ0n) is 19.7. The number of aryl methyl sites for hydroxylation is 2. The summed E-state index contributed by atoms with van der Waals surface area (Å²) in [6.45, 7) is 16.8. The highest BCUT2D eigenvalue weighted by atomic mass is 16.2. The number of nitrogens with two attached hydrogens (primary N) is 1. The molecule has 0 aliphatic carbocycles. The third kappa shape index (κ3) is 18.7. The van der Waals surface area contributed by atoms with Crippen LogP contribution < -0.4 is 16.4 Å². The van der Waals surface area contributed by atoms with Crippen molar-refractivity contribution in [2.75, 3.05) is 13.1 Å². The number of carbonyl (C=O) groups is 2. The van der Waals surface area contributed by atoms with Crippen LogP contribution in [0.4, 0.5) is 0 Å². The van der Waals surface area contributed by atoms with Crippen molar-refractivity contribution in [3.8, 4) is 0 Å². The Hall–Kier alpha value is -2.40. The quantitative estimate of drug-likeness (QED) is 0.441. The highest BCUT2D eigenvalue weighted by Gasteiger charge is 2.17. The second-order valence-corrected chi connectivity index (χ2v) is 5.64. The van der Waals surface area contributed by atoms with Crippen molar-refractivity contribution in [1.29, 1.82) is 0 Å². The van der Waals surface area contributed by atoms with E-state index in [2.05, 4.69) is 48.7 Å². The van der Waals surface area contributed by atoms with Crippen molar-refractivity contribution in [3.63, 3.8) is 0 Å². The number of hydrogen-bond acceptors (Lipinski definition) is 3. The lowest BCUT2D eigenvalue weighted by Gasteiger charge is -2.16. The standard InChI is InChI=1S/C12H21N3O2.C8H10.2C2H6/c1-3-5-10(4-2)8-11(15-9-16)12(17)14-7-6-13;1-7-4-3-5-8(2)6-7;2*1-2/h3-5,9,11H,6-8,13H2,1-2H3,(H,14,17)(H,15,16);3-6H,1-2H3;2*1-2H3/b5-3-,10-4+;;;. The van der Waals surface area contributed by atoms with Crippen LogP contribution in [0, 0.1) is 13.8 Å². The molecule has 0 saturated carbocycles. The van der Waals surface area contributed by atoms with E-state index in [0.29, 0.717) is 25.9 Å². The summed E-state index contributed by atoms with van der Waals surface area (Å²) in [4.78, 5) is 22.2. The van der Waals surface area contributed by atoms with Gasteiger partial charge in [0.05, 0.1) is 0 Å². The molecule has 1 unspecified atom stereocenters. The summed E-state index contributed by atoms with van der Waals surface area (Å²) in [6, 6.07) is 7.89. The molecule has 0 aliphatic heterocycles. The summed E-state index contributed by atoms with van der Waals surface area (Å²) < 4.78 is 0. The highest BCUT2D eigenvalue weighted by Crippen LogP contribution is 2.07. The Morgan fingerprint density at radius 2 is 1.66 bits per heavy atom. The van der Waals surface area contributed by atoms with Crippen molar-refractivity contribution in [3.05, 3.63) is 59.2 Å². The van der Waals surface area contributed by atoms with Gasteiger partial charge in [-0.2, -0.15) is 0 Å². The molecule has 5 nitrogen and oxygen atoms in total. The highest BCUT2D eigenvalue weighted by molar-refractivity contribution is 5.84. The Bertz CT molecular complexity index is 564. The molecule has 1 atom stereocenters. The molecule has 5 heteroatoms. The third-order valence-electron chi connectivity index (χ3n) is 3.39. The Kier molecular flexibility index (Phi) is 25.5. The van der Waals surface area contributed by atoms with Gasteiger partial charge in [0.2, 0.25) is 12.3 Å². The molecule has 0 aliphatic rings. The van der Waals surface area contributed by atoms with Crippen LogP contribution in [0.1, 0.15) is 59.1 Å². The molecule has 4 N–H and O–H groups in total. The number of hydrogen-bond donors (Lipinski definition) is 3. The maximum absolute atomic E-state index is 11.7. The molecule has 1 rings (SSSR count). The Morgan fingerprint density at radius 3 is 2.00 bits per heavy atom. The fraction of sp³-hybridized carbons (Fsp3) is 0.500. The van der Waals surface area contributed by atoms with E-state index >= 15 is 0 Å². The number of amides is 2. The molecule has 166 valence electrons. The molecule has 0 radical (unpaired) electrons. The largest absolute Gasteiger partial charge is 0.353 e. The minimum atomic E-state index is -0.554. The second-order valence-electron chi connectivity index (χ2n) is 5.64. The molecular weight excluding hydrogens is 362 g/mol. The Morgan fingerprint density at radius 1 is 1.10 bits per heavy atom. The smallest absolute Gasteiger partial charge is 0.242 e. The van der Waals surface area contributed by atoms with Crippen molar-refractivity contribution in [2.24, 2.45) is 5.73 Å². The molecule has 2 amide bonds. The summed E-state index contributed by atoms with van der Waals surface area (Å²) in [5.41, 5.74) is 8.97. The third-order valence-corrected chi connectivity index (χ3v) is 3.39. The van der Waals surface area contributed by atoms with Crippen LogP contribution >= 0.6 is 0 Å². The van der Waals surface area contributed by atoms with Gasteiger partial charge in [-0.3, -0.25) is 9.59 Å². The molecule has 0 bridgehead atoms. The van der Waals surface area contributed by atoms with Gasteiger partial charge in [-0.15, -0.1) is 0 Å². The van der Waals surface area contributed by atoms with Crippen LogP contribution in [0.25, 0.3) is 0 Å². The maximum atomic E-state index is 11.7. The van der Waals surface area contributed by atoms with E-state index in [1.807, 2.05) is 59.8 Å². The van der Waals surface area contributed by atoms with Crippen LogP contribution in [0.2, 0.25) is 0 Å². The van der Waals surface area contributed by atoms with E-state index in [4.69, 9.17) is 5.73 Å². The normalized spacial score (nSPS) is 10.9. The minimum Gasteiger partial charge on any atom is -0.353 e. The number of rotatable bonds is 8. The summed E-state index contributed by atoms with van der Waals surface area (Å²) >= 11 is 0. The average Bonchev–Trinajstić information content (AvgIpc) is 2.74. The zero-order valence-corrected chi connectivity index (χ0v) is 19.7. The summed E-state index contributed by atoms with van der Waals surface area (Å²) in [6.07, 6.45) is 6.72. The first-order valence-electron chi connectivity index (χ1n) is 10.5. The van der Waals surface area contributed by atoms with E-state index in [-0.39, 0.29) is 5.91 Å². The van der Waals surface area contributed by atoms with Gasteiger partial charge >= 0.3 is 0 Å². The predicted molar refractivity (Wildman–Crippen MR) is 127 cm³/mol. The van der Waals surface area contributed by atoms with Gasteiger partial charge in [-0.1, -0.05) is 86.9 Å². The first kappa shape index (κ1) is 31.3. The Labute approximate surface area is 178 Å². The van der Waals surface area contributed by atoms with E-state index in [9.17, 15) is 9.59 Å². The van der Waals surface area contributed by atoms with Crippen molar-refractivity contribution in [1.82, 2.24) is 10.6 Å². The number of allylic oxidation sites excluding steroid dienone is 3. The van der Waals surface area contributed by atoms with Gasteiger partial charge in [-0.05, 0) is 27.7 Å². The number of benzene rings is 1. The lowest BCUT2D eigenvalue weighted by molar-refractivity contribution is -0.125. The molecule has 0 fully saturated rings. The first-order valence-corrected chi connectivity index (χ1v) is 10.5. The van der Waals surface area contributed by atoms with Gasteiger partial charge in [0.15, 0.2) is 0 Å². The molecule has 1 aromatic carbocycles.